The first-order chi connectivity index (χ1) is 17.3. The highest BCUT2D eigenvalue weighted by Gasteiger charge is 2.45. The van der Waals surface area contributed by atoms with Gasteiger partial charge in [-0.3, -0.25) is 0 Å². The Kier molecular flexibility index (Phi) is 5.15. The summed E-state index contributed by atoms with van der Waals surface area (Å²) in [7, 11) is 0. The number of nitrogens with one attached hydrogen (secondary N) is 1. The quantitative estimate of drug-likeness (QED) is 0.366. The minimum absolute atomic E-state index is 0.222. The highest BCUT2D eigenvalue weighted by Crippen LogP contribution is 2.51. The molecule has 0 amide bonds. The number of hydrogen-bond donors (Lipinski definition) is 1. The molecule has 1 aromatic carbocycles. The lowest BCUT2D eigenvalue weighted by Crippen LogP contribution is -2.34. The molecule has 1 heterocycles. The predicted molar refractivity (Wildman–Crippen MR) is 142 cm³/mol. The average molecular weight is 460 g/mol. The van der Waals surface area contributed by atoms with E-state index in [-0.39, 0.29) is 6.10 Å². The first-order valence-corrected chi connectivity index (χ1v) is 13.4. The third-order valence-electron chi connectivity index (χ3n) is 9.17. The van der Waals surface area contributed by atoms with E-state index >= 15 is 0 Å². The molecule has 2 nitrogen and oxygen atoms in total. The van der Waals surface area contributed by atoms with E-state index in [1.165, 1.54) is 35.8 Å². The van der Waals surface area contributed by atoms with Crippen LogP contribution in [0.1, 0.15) is 49.1 Å². The van der Waals surface area contributed by atoms with Gasteiger partial charge in [-0.25, -0.2) is 0 Å². The fraction of sp³-hybridized carbons (Fsp3) is 0.364. The first-order valence-electron chi connectivity index (χ1n) is 13.4. The maximum absolute atomic E-state index is 7.58. The lowest BCUT2D eigenvalue weighted by Gasteiger charge is -2.37. The smallest absolute Gasteiger partial charge is 0.124 e. The van der Waals surface area contributed by atoms with Crippen molar-refractivity contribution in [3.8, 4) is 0 Å². The standard InChI is InChI=1S/C33H33NO/c34-20-21-4-3-6-23(16-21)24-8-9-26-18-27(11-10-25(26)17-24)28-13-14-31-30(19-28)33-29-7-2-1-5-22(29)12-15-32(33)35-31/h2-4,6-9,11-16,18,20,22,24-25,28-29,32-34H,1,5,10,17,19H2. The van der Waals surface area contributed by atoms with E-state index < -0.39 is 0 Å². The van der Waals surface area contributed by atoms with Crippen molar-refractivity contribution in [3.05, 3.63) is 119 Å². The van der Waals surface area contributed by atoms with Gasteiger partial charge in [0.25, 0.3) is 0 Å². The Bertz CT molecular complexity index is 1270. The lowest BCUT2D eigenvalue weighted by atomic mass is 9.66. The monoisotopic (exact) mass is 459 g/mol. The summed E-state index contributed by atoms with van der Waals surface area (Å²) in [6.07, 6.45) is 31.6. The zero-order valence-electron chi connectivity index (χ0n) is 20.1. The second-order valence-corrected chi connectivity index (χ2v) is 11.1. The molecule has 0 saturated carbocycles. The topological polar surface area (TPSA) is 33.1 Å². The van der Waals surface area contributed by atoms with Crippen LogP contribution in [-0.2, 0) is 4.74 Å². The predicted octanol–water partition coefficient (Wildman–Crippen LogP) is 7.60. The molecule has 176 valence electrons. The van der Waals surface area contributed by atoms with Crippen LogP contribution >= 0.6 is 0 Å². The molecular formula is C33H33NO. The third kappa shape index (κ3) is 3.66. The van der Waals surface area contributed by atoms with Gasteiger partial charge in [0.1, 0.15) is 11.9 Å². The van der Waals surface area contributed by atoms with Crippen LogP contribution in [0.25, 0.3) is 0 Å². The zero-order chi connectivity index (χ0) is 23.4. The molecule has 0 spiro atoms. The van der Waals surface area contributed by atoms with Crippen LogP contribution in [0.15, 0.2) is 108 Å². The molecule has 0 fully saturated rings. The van der Waals surface area contributed by atoms with E-state index in [1.807, 2.05) is 6.07 Å². The van der Waals surface area contributed by atoms with Gasteiger partial charge in [0.2, 0.25) is 0 Å². The van der Waals surface area contributed by atoms with Crippen LogP contribution in [0.2, 0.25) is 0 Å². The Labute approximate surface area is 208 Å². The molecule has 2 heteroatoms. The summed E-state index contributed by atoms with van der Waals surface area (Å²) >= 11 is 0. The third-order valence-corrected chi connectivity index (χ3v) is 9.17. The van der Waals surface area contributed by atoms with Crippen molar-refractivity contribution in [2.75, 3.05) is 0 Å². The maximum atomic E-state index is 7.58. The van der Waals surface area contributed by atoms with Crippen molar-refractivity contribution >= 4 is 6.21 Å². The van der Waals surface area contributed by atoms with Gasteiger partial charge in [-0.1, -0.05) is 66.8 Å². The van der Waals surface area contributed by atoms with Crippen LogP contribution < -0.4 is 0 Å². The molecule has 7 rings (SSSR count). The summed E-state index contributed by atoms with van der Waals surface area (Å²) in [5.74, 6) is 4.43. The van der Waals surface area contributed by atoms with Crippen molar-refractivity contribution < 1.29 is 4.74 Å². The Balaban J connectivity index is 1.10. The van der Waals surface area contributed by atoms with Crippen LogP contribution in [0.3, 0.4) is 0 Å². The summed E-state index contributed by atoms with van der Waals surface area (Å²) in [5.41, 5.74) is 6.85. The minimum atomic E-state index is 0.222. The fourth-order valence-electron chi connectivity index (χ4n) is 7.33. The lowest BCUT2D eigenvalue weighted by molar-refractivity contribution is 0.121. The van der Waals surface area contributed by atoms with E-state index in [2.05, 4.69) is 79.0 Å². The molecular weight excluding hydrogens is 426 g/mol. The van der Waals surface area contributed by atoms with Crippen LogP contribution in [-0.4, -0.2) is 12.3 Å². The summed E-state index contributed by atoms with van der Waals surface area (Å²) in [6, 6.07) is 8.47. The van der Waals surface area contributed by atoms with Crippen molar-refractivity contribution in [2.24, 2.45) is 29.6 Å². The molecule has 1 aromatic rings. The van der Waals surface area contributed by atoms with Gasteiger partial charge in [-0.15, -0.1) is 0 Å². The van der Waals surface area contributed by atoms with Gasteiger partial charge in [0.05, 0.1) is 0 Å². The fourth-order valence-corrected chi connectivity index (χ4v) is 7.33. The Morgan fingerprint density at radius 2 is 1.91 bits per heavy atom. The molecule has 0 radical (unpaired) electrons. The minimum Gasteiger partial charge on any atom is -0.486 e. The molecule has 35 heavy (non-hydrogen) atoms. The van der Waals surface area contributed by atoms with Crippen molar-refractivity contribution in [2.45, 2.75) is 44.1 Å². The second kappa shape index (κ2) is 8.52. The largest absolute Gasteiger partial charge is 0.486 e. The zero-order valence-corrected chi connectivity index (χ0v) is 20.1. The van der Waals surface area contributed by atoms with E-state index in [4.69, 9.17) is 10.1 Å². The second-order valence-electron chi connectivity index (χ2n) is 11.1. The van der Waals surface area contributed by atoms with E-state index in [0.29, 0.717) is 35.5 Å². The molecule has 0 bridgehead atoms. The number of fused-ring (bicyclic) bond motifs is 5. The van der Waals surface area contributed by atoms with Gasteiger partial charge < -0.3 is 10.1 Å². The van der Waals surface area contributed by atoms with E-state index in [9.17, 15) is 0 Å². The van der Waals surface area contributed by atoms with Gasteiger partial charge >= 0.3 is 0 Å². The molecule has 1 aliphatic heterocycles. The molecule has 1 N–H and O–H groups in total. The number of hydrogen-bond acceptors (Lipinski definition) is 2. The van der Waals surface area contributed by atoms with Gasteiger partial charge in [-0.2, -0.15) is 0 Å². The van der Waals surface area contributed by atoms with Crippen molar-refractivity contribution in [3.63, 3.8) is 0 Å². The van der Waals surface area contributed by atoms with Crippen molar-refractivity contribution in [1.82, 2.24) is 0 Å². The van der Waals surface area contributed by atoms with E-state index in [0.717, 1.165) is 30.6 Å². The summed E-state index contributed by atoms with van der Waals surface area (Å²) in [4.78, 5) is 0. The number of ether oxygens (including phenoxy) is 1. The highest BCUT2D eigenvalue weighted by molar-refractivity contribution is 5.77. The van der Waals surface area contributed by atoms with Gasteiger partial charge in [-0.05, 0) is 95.9 Å². The normalized spacial score (nSPS) is 36.4. The maximum Gasteiger partial charge on any atom is 0.124 e. The number of allylic oxidation sites excluding steroid dienone is 11. The van der Waals surface area contributed by atoms with Gasteiger partial charge in [0.15, 0.2) is 0 Å². The number of benzene rings is 1. The van der Waals surface area contributed by atoms with E-state index in [1.54, 1.807) is 5.57 Å². The molecule has 7 unspecified atom stereocenters. The molecule has 0 saturated heterocycles. The SMILES string of the molecule is N=Cc1cccc(C2C=CC3=CC(C4C=CC5=C(C4)C4C(C=CC6CCC=CC64)O5)=CCC3C2)c1. The van der Waals surface area contributed by atoms with Crippen LogP contribution in [0.4, 0.5) is 0 Å². The Morgan fingerprint density at radius 3 is 2.86 bits per heavy atom. The molecule has 7 atom stereocenters. The van der Waals surface area contributed by atoms with Crippen LogP contribution in [0, 0.1) is 35.0 Å². The summed E-state index contributed by atoms with van der Waals surface area (Å²) < 4.78 is 6.42. The number of rotatable bonds is 3. The Hall–Kier alpha value is -3.13. The average Bonchev–Trinajstić information content (AvgIpc) is 3.31. The summed E-state index contributed by atoms with van der Waals surface area (Å²) in [6.45, 7) is 0. The van der Waals surface area contributed by atoms with Crippen LogP contribution in [0.5, 0.6) is 0 Å². The molecule has 6 aliphatic rings. The van der Waals surface area contributed by atoms with Crippen molar-refractivity contribution in [1.29, 1.82) is 5.41 Å². The molecule has 5 aliphatic carbocycles. The highest BCUT2D eigenvalue weighted by atomic mass is 16.5. The Morgan fingerprint density at radius 1 is 0.971 bits per heavy atom. The summed E-state index contributed by atoms with van der Waals surface area (Å²) in [5, 5.41) is 7.58. The van der Waals surface area contributed by atoms with Gasteiger partial charge in [0, 0.05) is 24.0 Å². The molecule has 0 aromatic heterocycles. The first kappa shape index (κ1) is 21.2.